The molecule has 0 atom stereocenters. The number of allylic oxidation sites excluding steroid dienone is 2. The highest BCUT2D eigenvalue weighted by Crippen LogP contribution is 2.31. The lowest BCUT2D eigenvalue weighted by molar-refractivity contribution is -0.384. The Morgan fingerprint density at radius 3 is 2.27 bits per heavy atom. The third kappa shape index (κ3) is 4.27. The van der Waals surface area contributed by atoms with Crippen LogP contribution in [0.5, 0.6) is 17.2 Å². The Morgan fingerprint density at radius 2 is 1.73 bits per heavy atom. The van der Waals surface area contributed by atoms with E-state index in [2.05, 4.69) is 6.58 Å². The number of benzene rings is 2. The molecule has 0 saturated heterocycles. The second-order valence-electron chi connectivity index (χ2n) is 5.03. The van der Waals surface area contributed by atoms with Crippen LogP contribution < -0.4 is 14.2 Å². The van der Waals surface area contributed by atoms with E-state index in [0.29, 0.717) is 17.1 Å². The number of nitro benzene ring substituents is 1. The van der Waals surface area contributed by atoms with Gasteiger partial charge in [0.15, 0.2) is 11.5 Å². The first-order valence-corrected chi connectivity index (χ1v) is 7.52. The second kappa shape index (κ2) is 8.48. The molecule has 0 amide bonds. The van der Waals surface area contributed by atoms with Gasteiger partial charge in [-0.05, 0) is 35.9 Å². The molecule has 0 fully saturated rings. The van der Waals surface area contributed by atoms with E-state index in [1.54, 1.807) is 18.2 Å². The number of carbonyl (C=O) groups excluding carboxylic acids is 1. The molecule has 2 rings (SSSR count). The lowest BCUT2D eigenvalue weighted by atomic mass is 10.0. The normalized spacial score (nSPS) is 10.8. The van der Waals surface area contributed by atoms with E-state index in [4.69, 9.17) is 14.2 Å². The molecular formula is C19H17NO6. The molecule has 0 aliphatic rings. The Labute approximate surface area is 150 Å². The lowest BCUT2D eigenvalue weighted by Gasteiger charge is -2.12. The minimum Gasteiger partial charge on any atom is -0.493 e. The van der Waals surface area contributed by atoms with Crippen molar-refractivity contribution in [3.8, 4) is 17.2 Å². The fourth-order valence-corrected chi connectivity index (χ4v) is 2.20. The Bertz CT molecular complexity index is 855. The molecule has 0 saturated carbocycles. The maximum atomic E-state index is 12.5. The zero-order valence-corrected chi connectivity index (χ0v) is 14.3. The monoisotopic (exact) mass is 355 g/mol. The topological polar surface area (TPSA) is 87.9 Å². The third-order valence-electron chi connectivity index (χ3n) is 3.46. The summed E-state index contributed by atoms with van der Waals surface area (Å²) in [5.41, 5.74) is 0.709. The number of hydrogen-bond acceptors (Lipinski definition) is 6. The van der Waals surface area contributed by atoms with Crippen LogP contribution in [0.25, 0.3) is 5.57 Å². The van der Waals surface area contributed by atoms with Crippen molar-refractivity contribution in [1.29, 1.82) is 0 Å². The average Bonchev–Trinajstić information content (AvgIpc) is 2.65. The zero-order chi connectivity index (χ0) is 19.1. The quantitative estimate of drug-likeness (QED) is 0.187. The Balaban J connectivity index is 2.29. The predicted octanol–water partition coefficient (Wildman–Crippen LogP) is 3.79. The molecule has 0 N–H and O–H groups in total. The van der Waals surface area contributed by atoms with Gasteiger partial charge in [-0.3, -0.25) is 10.1 Å². The summed E-state index contributed by atoms with van der Waals surface area (Å²) in [5, 5.41) is 10.7. The minimum atomic E-state index is -0.633. The molecule has 26 heavy (non-hydrogen) atoms. The number of nitro groups is 1. The van der Waals surface area contributed by atoms with Gasteiger partial charge in [-0.2, -0.15) is 0 Å². The van der Waals surface area contributed by atoms with E-state index in [0.717, 1.165) is 0 Å². The molecule has 0 aliphatic carbocycles. The first-order chi connectivity index (χ1) is 12.5. The van der Waals surface area contributed by atoms with Crippen LogP contribution in [0, 0.1) is 10.1 Å². The van der Waals surface area contributed by atoms with Crippen LogP contribution in [0.15, 0.2) is 61.2 Å². The molecule has 0 bridgehead atoms. The van der Waals surface area contributed by atoms with Gasteiger partial charge in [-0.25, -0.2) is 4.79 Å². The van der Waals surface area contributed by atoms with E-state index in [-0.39, 0.29) is 17.0 Å². The Hall–Kier alpha value is -3.61. The smallest absolute Gasteiger partial charge is 0.344 e. The summed E-state index contributed by atoms with van der Waals surface area (Å²) < 4.78 is 15.7. The summed E-state index contributed by atoms with van der Waals surface area (Å²) in [6.07, 6.45) is 2.97. The van der Waals surface area contributed by atoms with E-state index in [9.17, 15) is 14.9 Å². The predicted molar refractivity (Wildman–Crippen MR) is 96.5 cm³/mol. The number of rotatable bonds is 7. The first kappa shape index (κ1) is 18.7. The fourth-order valence-electron chi connectivity index (χ4n) is 2.20. The van der Waals surface area contributed by atoms with Crippen molar-refractivity contribution in [2.75, 3.05) is 14.2 Å². The highest BCUT2D eigenvalue weighted by atomic mass is 16.6. The van der Waals surface area contributed by atoms with Gasteiger partial charge in [-0.15, -0.1) is 0 Å². The summed E-state index contributed by atoms with van der Waals surface area (Å²) >= 11 is 0. The second-order valence-corrected chi connectivity index (χ2v) is 5.03. The van der Waals surface area contributed by atoms with Gasteiger partial charge in [0.25, 0.3) is 5.69 Å². The Morgan fingerprint density at radius 1 is 1.08 bits per heavy atom. The number of esters is 1. The summed E-state index contributed by atoms with van der Waals surface area (Å²) in [6.45, 7) is 3.61. The molecule has 0 unspecified atom stereocenters. The molecule has 7 nitrogen and oxygen atoms in total. The van der Waals surface area contributed by atoms with Crippen molar-refractivity contribution in [2.45, 2.75) is 0 Å². The highest BCUT2D eigenvalue weighted by Gasteiger charge is 2.17. The average molecular weight is 355 g/mol. The minimum absolute atomic E-state index is 0.0912. The van der Waals surface area contributed by atoms with Crippen LogP contribution in [-0.2, 0) is 4.79 Å². The van der Waals surface area contributed by atoms with Crippen molar-refractivity contribution in [3.63, 3.8) is 0 Å². The van der Waals surface area contributed by atoms with E-state index in [1.165, 1.54) is 50.6 Å². The fraction of sp³-hybridized carbons (Fsp3) is 0.105. The lowest BCUT2D eigenvalue weighted by Crippen LogP contribution is -2.10. The number of methoxy groups -OCH3 is 2. The number of nitrogens with zero attached hydrogens (tertiary/aromatic N) is 1. The maximum absolute atomic E-state index is 12.5. The van der Waals surface area contributed by atoms with Crippen molar-refractivity contribution in [2.24, 2.45) is 0 Å². The molecule has 0 aromatic heterocycles. The number of ether oxygens (including phenoxy) is 3. The molecule has 2 aromatic carbocycles. The summed E-state index contributed by atoms with van der Waals surface area (Å²) in [6, 6.07) is 10.2. The van der Waals surface area contributed by atoms with Crippen LogP contribution in [0.1, 0.15) is 5.56 Å². The van der Waals surface area contributed by atoms with Crippen molar-refractivity contribution in [3.05, 3.63) is 76.9 Å². The molecule has 0 spiro atoms. The van der Waals surface area contributed by atoms with E-state index >= 15 is 0 Å². The van der Waals surface area contributed by atoms with Crippen LogP contribution >= 0.6 is 0 Å². The van der Waals surface area contributed by atoms with E-state index < -0.39 is 10.9 Å². The molecule has 0 aliphatic heterocycles. The molecular weight excluding hydrogens is 338 g/mol. The van der Waals surface area contributed by atoms with E-state index in [1.807, 2.05) is 0 Å². The van der Waals surface area contributed by atoms with Crippen LogP contribution in [-0.4, -0.2) is 25.1 Å². The van der Waals surface area contributed by atoms with Gasteiger partial charge in [0.2, 0.25) is 0 Å². The number of hydrogen-bond donors (Lipinski definition) is 0. The third-order valence-corrected chi connectivity index (χ3v) is 3.46. The highest BCUT2D eigenvalue weighted by molar-refractivity contribution is 6.17. The van der Waals surface area contributed by atoms with Gasteiger partial charge in [-0.1, -0.05) is 18.7 Å². The van der Waals surface area contributed by atoms with Gasteiger partial charge in [0.05, 0.1) is 24.7 Å². The standard InChI is InChI=1S/C19H17NO6/c1-4-5-16(13-6-11-17(24-2)18(12-13)25-3)19(21)26-15-9-7-14(8-10-15)20(22)23/h4-12H,1H2,2-3H3/b16-5+. The van der Waals surface area contributed by atoms with Crippen LogP contribution in [0.2, 0.25) is 0 Å². The molecule has 134 valence electrons. The summed E-state index contributed by atoms with van der Waals surface area (Å²) in [4.78, 5) is 22.7. The zero-order valence-electron chi connectivity index (χ0n) is 14.3. The van der Waals surface area contributed by atoms with Gasteiger partial charge >= 0.3 is 5.97 Å². The Kier molecular flexibility index (Phi) is 6.10. The number of carbonyl (C=O) groups is 1. The summed E-state index contributed by atoms with van der Waals surface area (Å²) in [7, 11) is 3.01. The van der Waals surface area contributed by atoms with Crippen molar-refractivity contribution < 1.29 is 23.9 Å². The maximum Gasteiger partial charge on any atom is 0.344 e. The number of non-ortho nitro benzene ring substituents is 1. The van der Waals surface area contributed by atoms with Gasteiger partial charge in [0, 0.05) is 12.1 Å². The molecule has 2 aromatic rings. The largest absolute Gasteiger partial charge is 0.493 e. The molecule has 0 radical (unpaired) electrons. The van der Waals surface area contributed by atoms with Crippen molar-refractivity contribution >= 4 is 17.2 Å². The van der Waals surface area contributed by atoms with Crippen LogP contribution in [0.3, 0.4) is 0 Å². The molecule has 0 heterocycles. The SMILES string of the molecule is C=C/C=C(/C(=O)Oc1ccc([N+](=O)[O-])cc1)c1ccc(OC)c(OC)c1. The van der Waals surface area contributed by atoms with Crippen molar-refractivity contribution in [1.82, 2.24) is 0 Å². The van der Waals surface area contributed by atoms with Gasteiger partial charge in [0.1, 0.15) is 5.75 Å². The first-order valence-electron chi connectivity index (χ1n) is 7.52. The van der Waals surface area contributed by atoms with Crippen LogP contribution in [0.4, 0.5) is 5.69 Å². The molecule has 7 heteroatoms. The van der Waals surface area contributed by atoms with Gasteiger partial charge < -0.3 is 14.2 Å². The summed E-state index contributed by atoms with van der Waals surface area (Å²) in [5.74, 6) is 0.544.